The lowest BCUT2D eigenvalue weighted by Gasteiger charge is -2.19. The van der Waals surface area contributed by atoms with Crippen molar-refractivity contribution in [2.75, 3.05) is 18.1 Å². The molecule has 0 fully saturated rings. The molecule has 0 amide bonds. The standard InChI is InChI=1S/C15H14ClNO4S/c1-17(13-6-7-14-15(8-13)21-10-20-14)22(18,19)9-11-2-4-12(16)5-3-11/h2-8H,9-10H2,1H3. The Bertz CT molecular complexity index is 790. The predicted octanol–water partition coefficient (Wildman–Crippen LogP) is 3.03. The van der Waals surface area contributed by atoms with E-state index in [0.29, 0.717) is 27.8 Å². The quantitative estimate of drug-likeness (QED) is 0.859. The maximum absolute atomic E-state index is 12.5. The summed E-state index contributed by atoms with van der Waals surface area (Å²) in [4.78, 5) is 0. The fraction of sp³-hybridized carbons (Fsp3) is 0.200. The summed E-state index contributed by atoms with van der Waals surface area (Å²) in [6.07, 6.45) is 0. The van der Waals surface area contributed by atoms with Gasteiger partial charge in [0.05, 0.1) is 11.4 Å². The van der Waals surface area contributed by atoms with Crippen LogP contribution < -0.4 is 13.8 Å². The van der Waals surface area contributed by atoms with Crippen LogP contribution in [0.15, 0.2) is 42.5 Å². The van der Waals surface area contributed by atoms with Crippen LogP contribution in [0.4, 0.5) is 5.69 Å². The molecule has 0 radical (unpaired) electrons. The van der Waals surface area contributed by atoms with Gasteiger partial charge in [-0.1, -0.05) is 23.7 Å². The number of hydrogen-bond acceptors (Lipinski definition) is 4. The molecule has 2 aromatic rings. The van der Waals surface area contributed by atoms with Gasteiger partial charge in [0.1, 0.15) is 0 Å². The molecule has 3 rings (SSSR count). The fourth-order valence-corrected chi connectivity index (χ4v) is 3.50. The Balaban J connectivity index is 1.83. The van der Waals surface area contributed by atoms with Crippen LogP contribution in [0, 0.1) is 0 Å². The molecular weight excluding hydrogens is 326 g/mol. The van der Waals surface area contributed by atoms with Crippen molar-refractivity contribution >= 4 is 27.3 Å². The van der Waals surface area contributed by atoms with E-state index in [-0.39, 0.29) is 12.5 Å². The van der Waals surface area contributed by atoms with E-state index in [1.807, 2.05) is 0 Å². The molecule has 0 aromatic heterocycles. The maximum Gasteiger partial charge on any atom is 0.239 e. The summed E-state index contributed by atoms with van der Waals surface area (Å²) < 4.78 is 36.8. The smallest absolute Gasteiger partial charge is 0.239 e. The van der Waals surface area contributed by atoms with E-state index >= 15 is 0 Å². The highest BCUT2D eigenvalue weighted by Crippen LogP contribution is 2.36. The second kappa shape index (κ2) is 5.70. The van der Waals surface area contributed by atoms with Crippen molar-refractivity contribution < 1.29 is 17.9 Å². The number of rotatable bonds is 4. The average molecular weight is 340 g/mol. The minimum Gasteiger partial charge on any atom is -0.454 e. The van der Waals surface area contributed by atoms with Gasteiger partial charge in [0.25, 0.3) is 0 Å². The minimum atomic E-state index is -3.50. The molecule has 1 aliphatic rings. The summed E-state index contributed by atoms with van der Waals surface area (Å²) >= 11 is 5.81. The first-order chi connectivity index (χ1) is 10.5. The van der Waals surface area contributed by atoms with Gasteiger partial charge in [0, 0.05) is 18.1 Å². The van der Waals surface area contributed by atoms with Gasteiger partial charge < -0.3 is 9.47 Å². The van der Waals surface area contributed by atoms with Crippen LogP contribution in [0.3, 0.4) is 0 Å². The first kappa shape index (κ1) is 15.0. The van der Waals surface area contributed by atoms with Gasteiger partial charge in [-0.05, 0) is 29.8 Å². The molecule has 1 heterocycles. The normalized spacial score (nSPS) is 13.2. The monoisotopic (exact) mass is 339 g/mol. The molecule has 5 nitrogen and oxygen atoms in total. The van der Waals surface area contributed by atoms with Gasteiger partial charge in [0.15, 0.2) is 11.5 Å². The number of anilines is 1. The number of ether oxygens (including phenoxy) is 2. The van der Waals surface area contributed by atoms with Gasteiger partial charge in [-0.25, -0.2) is 8.42 Å². The molecule has 0 N–H and O–H groups in total. The van der Waals surface area contributed by atoms with E-state index in [0.717, 1.165) is 0 Å². The van der Waals surface area contributed by atoms with Crippen LogP contribution >= 0.6 is 11.6 Å². The molecule has 116 valence electrons. The first-order valence-corrected chi connectivity index (χ1v) is 8.55. The van der Waals surface area contributed by atoms with Crippen molar-refractivity contribution in [1.82, 2.24) is 0 Å². The number of halogens is 1. The lowest BCUT2D eigenvalue weighted by atomic mass is 10.2. The Kier molecular flexibility index (Phi) is 3.88. The summed E-state index contributed by atoms with van der Waals surface area (Å²) in [5, 5.41) is 0.574. The van der Waals surface area contributed by atoms with Crippen LogP contribution in [-0.4, -0.2) is 22.3 Å². The summed E-state index contributed by atoms with van der Waals surface area (Å²) in [5.74, 6) is 1.06. The molecule has 0 atom stereocenters. The van der Waals surface area contributed by atoms with Crippen molar-refractivity contribution in [3.05, 3.63) is 53.1 Å². The zero-order valence-electron chi connectivity index (χ0n) is 11.8. The Morgan fingerprint density at radius 2 is 1.77 bits per heavy atom. The first-order valence-electron chi connectivity index (χ1n) is 6.56. The van der Waals surface area contributed by atoms with Crippen molar-refractivity contribution in [3.8, 4) is 11.5 Å². The SMILES string of the molecule is CN(c1ccc2c(c1)OCO2)S(=O)(=O)Cc1ccc(Cl)cc1. The second-order valence-corrected chi connectivity index (χ2v) is 7.32. The molecule has 0 saturated heterocycles. The molecule has 0 unspecified atom stereocenters. The highest BCUT2D eigenvalue weighted by Gasteiger charge is 2.22. The van der Waals surface area contributed by atoms with E-state index in [9.17, 15) is 8.42 Å². The third-order valence-electron chi connectivity index (χ3n) is 3.40. The predicted molar refractivity (Wildman–Crippen MR) is 85.0 cm³/mol. The van der Waals surface area contributed by atoms with Crippen LogP contribution in [0.5, 0.6) is 11.5 Å². The molecule has 22 heavy (non-hydrogen) atoms. The van der Waals surface area contributed by atoms with Crippen molar-refractivity contribution in [2.24, 2.45) is 0 Å². The number of nitrogens with zero attached hydrogens (tertiary/aromatic N) is 1. The average Bonchev–Trinajstić information content (AvgIpc) is 2.96. The Labute approximate surface area is 134 Å². The number of fused-ring (bicyclic) bond motifs is 1. The number of sulfonamides is 1. The van der Waals surface area contributed by atoms with Crippen LogP contribution in [0.2, 0.25) is 5.02 Å². The van der Waals surface area contributed by atoms with Crippen molar-refractivity contribution in [2.45, 2.75) is 5.75 Å². The van der Waals surface area contributed by atoms with Crippen LogP contribution in [0.25, 0.3) is 0 Å². The lowest BCUT2D eigenvalue weighted by Crippen LogP contribution is -2.27. The van der Waals surface area contributed by atoms with Gasteiger partial charge >= 0.3 is 0 Å². The van der Waals surface area contributed by atoms with E-state index in [1.165, 1.54) is 11.4 Å². The van der Waals surface area contributed by atoms with E-state index in [4.69, 9.17) is 21.1 Å². The van der Waals surface area contributed by atoms with E-state index < -0.39 is 10.0 Å². The molecule has 0 bridgehead atoms. The third kappa shape index (κ3) is 2.98. The lowest BCUT2D eigenvalue weighted by molar-refractivity contribution is 0.174. The van der Waals surface area contributed by atoms with Crippen LogP contribution in [0.1, 0.15) is 5.56 Å². The van der Waals surface area contributed by atoms with Crippen molar-refractivity contribution in [3.63, 3.8) is 0 Å². The molecule has 0 saturated carbocycles. The van der Waals surface area contributed by atoms with Gasteiger partial charge in [0.2, 0.25) is 16.8 Å². The largest absolute Gasteiger partial charge is 0.454 e. The molecule has 1 aliphatic heterocycles. The molecule has 0 aliphatic carbocycles. The molecule has 0 spiro atoms. The van der Waals surface area contributed by atoms with E-state index in [1.54, 1.807) is 42.5 Å². The Morgan fingerprint density at radius 1 is 1.09 bits per heavy atom. The zero-order chi connectivity index (χ0) is 15.7. The summed E-state index contributed by atoms with van der Waals surface area (Å²) in [6, 6.07) is 11.8. The van der Waals surface area contributed by atoms with Gasteiger partial charge in [-0.3, -0.25) is 4.31 Å². The van der Waals surface area contributed by atoms with Gasteiger partial charge in [-0.15, -0.1) is 0 Å². The highest BCUT2D eigenvalue weighted by molar-refractivity contribution is 7.92. The van der Waals surface area contributed by atoms with Crippen molar-refractivity contribution in [1.29, 1.82) is 0 Å². The molecular formula is C15H14ClNO4S. The van der Waals surface area contributed by atoms with E-state index in [2.05, 4.69) is 0 Å². The number of hydrogen-bond donors (Lipinski definition) is 0. The summed E-state index contributed by atoms with van der Waals surface area (Å²) in [5.41, 5.74) is 1.20. The second-order valence-electron chi connectivity index (χ2n) is 4.89. The molecule has 2 aromatic carbocycles. The Morgan fingerprint density at radius 3 is 2.50 bits per heavy atom. The van der Waals surface area contributed by atoms with Crippen LogP contribution in [-0.2, 0) is 15.8 Å². The fourth-order valence-electron chi connectivity index (χ4n) is 2.13. The summed E-state index contributed by atoms with van der Waals surface area (Å²) in [6.45, 7) is 0.153. The minimum absolute atomic E-state index is 0.102. The van der Waals surface area contributed by atoms with Gasteiger partial charge in [-0.2, -0.15) is 0 Å². The zero-order valence-corrected chi connectivity index (χ0v) is 13.4. The molecule has 7 heteroatoms. The Hall–Kier alpha value is -1.92. The topological polar surface area (TPSA) is 55.8 Å². The highest BCUT2D eigenvalue weighted by atomic mass is 35.5. The number of benzene rings is 2. The third-order valence-corrected chi connectivity index (χ3v) is 5.39. The summed E-state index contributed by atoms with van der Waals surface area (Å²) in [7, 11) is -1.99. The maximum atomic E-state index is 12.5.